The summed E-state index contributed by atoms with van der Waals surface area (Å²) in [7, 11) is 0. The maximum atomic E-state index is 13.1. The fourth-order valence-electron chi connectivity index (χ4n) is 3.22. The summed E-state index contributed by atoms with van der Waals surface area (Å²) in [4.78, 5) is 13.1. The number of hydrogen-bond acceptors (Lipinski definition) is 5. The Hall–Kier alpha value is -3.01. The Kier molecular flexibility index (Phi) is 5.42. The highest BCUT2D eigenvalue weighted by Crippen LogP contribution is 2.38. The van der Waals surface area contributed by atoms with Crippen molar-refractivity contribution in [1.29, 1.82) is 0 Å². The predicted molar refractivity (Wildman–Crippen MR) is 108 cm³/mol. The lowest BCUT2D eigenvalue weighted by Crippen LogP contribution is -2.41. The van der Waals surface area contributed by atoms with Crippen LogP contribution >= 0.6 is 11.8 Å². The predicted octanol–water partition coefficient (Wildman–Crippen LogP) is 4.26. The first-order valence-electron chi connectivity index (χ1n) is 9.27. The summed E-state index contributed by atoms with van der Waals surface area (Å²) in [5.41, 5.74) is 3.43. The molecule has 1 aliphatic heterocycles. The first kappa shape index (κ1) is 20.3. The fraction of sp³-hybridized carbons (Fsp3) is 0.250. The van der Waals surface area contributed by atoms with Gasteiger partial charge in [0.2, 0.25) is 11.1 Å². The van der Waals surface area contributed by atoms with Gasteiger partial charge in [0, 0.05) is 12.1 Å². The molecule has 10 heteroatoms. The molecule has 0 saturated heterocycles. The number of nitrogens with zero attached hydrogens (tertiary/aromatic N) is 3. The van der Waals surface area contributed by atoms with Crippen LogP contribution in [-0.4, -0.2) is 26.0 Å². The van der Waals surface area contributed by atoms with Crippen molar-refractivity contribution in [2.75, 3.05) is 10.7 Å². The number of rotatable bonds is 4. The molecule has 2 aromatic carbocycles. The van der Waals surface area contributed by atoms with E-state index in [1.807, 2.05) is 37.3 Å². The van der Waals surface area contributed by atoms with E-state index in [9.17, 15) is 18.0 Å². The van der Waals surface area contributed by atoms with Crippen LogP contribution in [-0.2, 0) is 17.4 Å². The van der Waals surface area contributed by atoms with Gasteiger partial charge in [0.15, 0.2) is 5.82 Å². The number of halogens is 3. The van der Waals surface area contributed by atoms with E-state index < -0.39 is 28.9 Å². The number of anilines is 1. The summed E-state index contributed by atoms with van der Waals surface area (Å²) in [6, 6.07) is 13.6. The summed E-state index contributed by atoms with van der Waals surface area (Å²) in [6.45, 7) is 1.95. The van der Waals surface area contributed by atoms with Gasteiger partial charge >= 0.3 is 6.18 Å². The van der Waals surface area contributed by atoms with Gasteiger partial charge in [-0.2, -0.15) is 13.2 Å². The van der Waals surface area contributed by atoms with Gasteiger partial charge in [0.1, 0.15) is 5.25 Å². The molecule has 1 amide bonds. The van der Waals surface area contributed by atoms with Crippen LogP contribution in [0, 0.1) is 0 Å². The van der Waals surface area contributed by atoms with Crippen LogP contribution in [0.1, 0.15) is 29.9 Å². The Morgan fingerprint density at radius 3 is 2.63 bits per heavy atom. The molecule has 156 valence electrons. The molecule has 4 rings (SSSR count). The van der Waals surface area contributed by atoms with Crippen LogP contribution in [0.2, 0.25) is 0 Å². The maximum absolute atomic E-state index is 13.1. The first-order chi connectivity index (χ1) is 14.4. The maximum Gasteiger partial charge on any atom is 0.416 e. The lowest BCUT2D eigenvalue weighted by molar-refractivity contribution is -0.137. The molecule has 0 fully saturated rings. The van der Waals surface area contributed by atoms with Gasteiger partial charge in [-0.3, -0.25) is 4.79 Å². The molecule has 0 unspecified atom stereocenters. The lowest BCUT2D eigenvalue weighted by atomic mass is 10.0. The lowest BCUT2D eigenvalue weighted by Gasteiger charge is -2.33. The van der Waals surface area contributed by atoms with Gasteiger partial charge in [-0.1, -0.05) is 55.1 Å². The van der Waals surface area contributed by atoms with Crippen molar-refractivity contribution < 1.29 is 18.0 Å². The van der Waals surface area contributed by atoms with Crippen LogP contribution in [0.3, 0.4) is 0 Å². The Bertz CT molecular complexity index is 1050. The van der Waals surface area contributed by atoms with Crippen LogP contribution in [0.15, 0.2) is 59.8 Å². The zero-order valence-corrected chi connectivity index (χ0v) is 16.7. The van der Waals surface area contributed by atoms with Crippen LogP contribution < -0.4 is 10.7 Å². The molecule has 0 saturated carbocycles. The molecule has 30 heavy (non-hydrogen) atoms. The van der Waals surface area contributed by atoms with Crippen LogP contribution in [0.5, 0.6) is 0 Å². The number of alkyl halides is 3. The average Bonchev–Trinajstić information content (AvgIpc) is 3.15. The van der Waals surface area contributed by atoms with Gasteiger partial charge in [0.05, 0.1) is 11.6 Å². The molecule has 0 spiro atoms. The molecule has 1 aromatic heterocycles. The highest BCUT2D eigenvalue weighted by molar-refractivity contribution is 8.00. The largest absolute Gasteiger partial charge is 0.416 e. The van der Waals surface area contributed by atoms with E-state index in [2.05, 4.69) is 20.9 Å². The van der Waals surface area contributed by atoms with Crippen molar-refractivity contribution >= 4 is 23.4 Å². The van der Waals surface area contributed by atoms with E-state index in [1.165, 1.54) is 23.9 Å². The van der Waals surface area contributed by atoms with Crippen molar-refractivity contribution in [2.45, 2.75) is 36.0 Å². The Morgan fingerprint density at radius 2 is 1.93 bits per heavy atom. The Morgan fingerprint density at radius 1 is 1.17 bits per heavy atom. The van der Waals surface area contributed by atoms with Crippen LogP contribution in [0.4, 0.5) is 18.9 Å². The normalized spacial score (nSPS) is 18.4. The van der Waals surface area contributed by atoms with Crippen molar-refractivity contribution in [3.05, 3.63) is 71.5 Å². The molecule has 1 aliphatic rings. The van der Waals surface area contributed by atoms with Crippen molar-refractivity contribution in [2.24, 2.45) is 0 Å². The number of carbonyl (C=O) groups excluding carboxylic acids is 1. The van der Waals surface area contributed by atoms with E-state index >= 15 is 0 Å². The zero-order valence-electron chi connectivity index (χ0n) is 15.8. The number of benzene rings is 2. The molecule has 3 aromatic rings. The third-order valence-corrected chi connectivity index (χ3v) is 5.91. The Labute approximate surface area is 174 Å². The minimum Gasteiger partial charge on any atom is -0.325 e. The number of fused-ring (bicyclic) bond motifs is 1. The van der Waals surface area contributed by atoms with Crippen molar-refractivity contribution in [3.63, 3.8) is 0 Å². The number of thioether (sulfide) groups is 1. The van der Waals surface area contributed by atoms with Gasteiger partial charge in [-0.15, -0.1) is 10.2 Å². The number of aryl methyl sites for hydroxylation is 1. The van der Waals surface area contributed by atoms with Crippen LogP contribution in [0.25, 0.3) is 0 Å². The summed E-state index contributed by atoms with van der Waals surface area (Å²) in [6.07, 6.45) is -3.83. The minimum absolute atomic E-state index is 0.0866. The summed E-state index contributed by atoms with van der Waals surface area (Å²) >= 11 is 1.23. The smallest absolute Gasteiger partial charge is 0.325 e. The van der Waals surface area contributed by atoms with Gasteiger partial charge in [-0.25, -0.2) is 4.68 Å². The number of amides is 1. The first-order valence-corrected chi connectivity index (χ1v) is 10.2. The highest BCUT2D eigenvalue weighted by atomic mass is 32.2. The standard InChI is InChI=1S/C20H18F3N5OS/c1-2-15-25-26-19-28(15)27-16(12-7-4-3-5-8-12)17(30-19)18(29)24-14-10-6-9-13(11-14)20(21,22)23/h3-11,16-17,27H,2H2,1H3,(H,24,29)/t16-,17-/m1/s1. The minimum atomic E-state index is -4.48. The van der Waals surface area contributed by atoms with Gasteiger partial charge < -0.3 is 10.7 Å². The molecule has 2 atom stereocenters. The number of nitrogens with one attached hydrogen (secondary N) is 2. The summed E-state index contributed by atoms with van der Waals surface area (Å²) in [5, 5.41) is 10.7. The second kappa shape index (κ2) is 8.02. The van der Waals surface area contributed by atoms with Gasteiger partial charge in [-0.05, 0) is 23.8 Å². The van der Waals surface area contributed by atoms with Crippen molar-refractivity contribution in [3.8, 4) is 0 Å². The second-order valence-electron chi connectivity index (χ2n) is 6.71. The Balaban J connectivity index is 1.64. The van der Waals surface area contributed by atoms with E-state index in [0.29, 0.717) is 11.6 Å². The number of aromatic nitrogens is 3. The second-order valence-corrected chi connectivity index (χ2v) is 7.82. The fourth-order valence-corrected chi connectivity index (χ4v) is 4.32. The van der Waals surface area contributed by atoms with Gasteiger partial charge in [0.25, 0.3) is 0 Å². The zero-order chi connectivity index (χ0) is 21.3. The summed E-state index contributed by atoms with van der Waals surface area (Å²) in [5.74, 6) is 0.308. The molecule has 2 heterocycles. The van der Waals surface area contributed by atoms with Crippen molar-refractivity contribution in [1.82, 2.24) is 14.9 Å². The van der Waals surface area contributed by atoms with E-state index in [0.717, 1.165) is 23.5 Å². The molecular formula is C20H18F3N5OS. The molecule has 2 N–H and O–H groups in total. The highest BCUT2D eigenvalue weighted by Gasteiger charge is 2.38. The summed E-state index contributed by atoms with van der Waals surface area (Å²) < 4.78 is 40.8. The van der Waals surface area contributed by atoms with E-state index in [1.54, 1.807) is 4.68 Å². The van der Waals surface area contributed by atoms with E-state index in [-0.39, 0.29) is 5.69 Å². The average molecular weight is 433 g/mol. The molecular weight excluding hydrogens is 415 g/mol. The quantitative estimate of drug-likeness (QED) is 0.644. The van der Waals surface area contributed by atoms with E-state index in [4.69, 9.17) is 0 Å². The molecule has 0 aliphatic carbocycles. The SMILES string of the molecule is CCc1nnc2n1N[C@H](c1ccccc1)[C@H](C(=O)Nc1cccc(C(F)(F)F)c1)S2. The number of carbonyl (C=O) groups is 1. The topological polar surface area (TPSA) is 71.8 Å². The number of hydrogen-bond donors (Lipinski definition) is 2. The monoisotopic (exact) mass is 433 g/mol. The molecule has 0 bridgehead atoms. The third-order valence-electron chi connectivity index (χ3n) is 4.69. The molecule has 0 radical (unpaired) electrons. The molecule has 6 nitrogen and oxygen atoms in total. The third kappa shape index (κ3) is 4.00.